The number of carbonyl (C=O) groups excluding carboxylic acids is 1. The lowest BCUT2D eigenvalue weighted by Crippen LogP contribution is -2.16. The van der Waals surface area contributed by atoms with Crippen LogP contribution in [0.3, 0.4) is 0 Å². The molecule has 0 spiro atoms. The van der Waals surface area contributed by atoms with Crippen LogP contribution in [0.25, 0.3) is 0 Å². The Morgan fingerprint density at radius 2 is 2.25 bits per heavy atom. The minimum atomic E-state index is -1.38. The fourth-order valence-electron chi connectivity index (χ4n) is 1.27. The Hall–Kier alpha value is -1.26. The Kier molecular flexibility index (Phi) is 4.58. The molecule has 0 aromatic heterocycles. The van der Waals surface area contributed by atoms with Gasteiger partial charge in [0.15, 0.2) is 6.10 Å². The molecule has 0 aliphatic heterocycles. The summed E-state index contributed by atoms with van der Waals surface area (Å²) in [6.45, 7) is 1.87. The number of esters is 1. The molecular weight excluding hydrogens is 232 g/mol. The number of benzene rings is 1. The van der Waals surface area contributed by atoms with E-state index in [0.717, 1.165) is 0 Å². The molecule has 5 heteroatoms. The molecule has 0 radical (unpaired) electrons. The zero-order valence-electron chi connectivity index (χ0n) is 9.07. The Morgan fingerprint density at radius 1 is 1.56 bits per heavy atom. The van der Waals surface area contributed by atoms with E-state index in [-0.39, 0.29) is 6.61 Å². The van der Waals surface area contributed by atoms with Crippen LogP contribution in [-0.2, 0) is 9.53 Å². The van der Waals surface area contributed by atoms with Gasteiger partial charge >= 0.3 is 5.97 Å². The largest absolute Gasteiger partial charge is 0.496 e. The number of methoxy groups -OCH3 is 1. The summed E-state index contributed by atoms with van der Waals surface area (Å²) in [4.78, 5) is 11.4. The standard InChI is InChI=1S/C11H13ClO4/c1-3-16-11(14)10(13)8-6-7(12)4-5-9(8)15-2/h4-6,10,13H,3H2,1-2H3. The zero-order chi connectivity index (χ0) is 12.1. The summed E-state index contributed by atoms with van der Waals surface area (Å²) in [5.74, 6) is -0.326. The first kappa shape index (κ1) is 12.8. The highest BCUT2D eigenvalue weighted by molar-refractivity contribution is 6.30. The molecule has 1 rings (SSSR count). The zero-order valence-corrected chi connectivity index (χ0v) is 9.82. The van der Waals surface area contributed by atoms with Crippen LogP contribution in [0.5, 0.6) is 5.75 Å². The lowest BCUT2D eigenvalue weighted by Gasteiger charge is -2.13. The van der Waals surface area contributed by atoms with E-state index in [0.29, 0.717) is 16.3 Å². The molecule has 0 bridgehead atoms. The molecule has 0 saturated heterocycles. The molecule has 0 aliphatic rings. The first-order valence-corrected chi connectivity index (χ1v) is 5.16. The molecule has 0 saturated carbocycles. The SMILES string of the molecule is CCOC(=O)C(O)c1cc(Cl)ccc1OC. The molecule has 88 valence electrons. The number of hydrogen-bond donors (Lipinski definition) is 1. The van der Waals surface area contributed by atoms with Gasteiger partial charge in [-0.05, 0) is 25.1 Å². The summed E-state index contributed by atoms with van der Waals surface area (Å²) >= 11 is 5.78. The van der Waals surface area contributed by atoms with Crippen molar-refractivity contribution in [3.8, 4) is 5.75 Å². The minimum absolute atomic E-state index is 0.207. The van der Waals surface area contributed by atoms with Crippen molar-refractivity contribution < 1.29 is 19.4 Å². The first-order valence-electron chi connectivity index (χ1n) is 4.78. The van der Waals surface area contributed by atoms with Crippen molar-refractivity contribution in [3.05, 3.63) is 28.8 Å². The smallest absolute Gasteiger partial charge is 0.339 e. The van der Waals surface area contributed by atoms with Crippen molar-refractivity contribution in [3.63, 3.8) is 0 Å². The van der Waals surface area contributed by atoms with Crippen molar-refractivity contribution in [1.82, 2.24) is 0 Å². The maximum Gasteiger partial charge on any atom is 0.339 e. The van der Waals surface area contributed by atoms with E-state index in [1.807, 2.05) is 0 Å². The fraction of sp³-hybridized carbons (Fsp3) is 0.364. The van der Waals surface area contributed by atoms with Gasteiger partial charge in [-0.3, -0.25) is 0 Å². The van der Waals surface area contributed by atoms with Gasteiger partial charge in [-0.2, -0.15) is 0 Å². The van der Waals surface area contributed by atoms with Crippen molar-refractivity contribution in [1.29, 1.82) is 0 Å². The maximum absolute atomic E-state index is 11.4. The van der Waals surface area contributed by atoms with Crippen molar-refractivity contribution in [2.45, 2.75) is 13.0 Å². The van der Waals surface area contributed by atoms with Gasteiger partial charge < -0.3 is 14.6 Å². The molecule has 0 heterocycles. The summed E-state index contributed by atoms with van der Waals surface area (Å²) < 4.78 is 9.73. The van der Waals surface area contributed by atoms with E-state index < -0.39 is 12.1 Å². The number of rotatable bonds is 4. The number of hydrogen-bond acceptors (Lipinski definition) is 4. The van der Waals surface area contributed by atoms with E-state index in [9.17, 15) is 9.90 Å². The molecule has 16 heavy (non-hydrogen) atoms. The van der Waals surface area contributed by atoms with E-state index in [2.05, 4.69) is 0 Å². The molecule has 0 aliphatic carbocycles. The van der Waals surface area contributed by atoms with Gasteiger partial charge in [-0.25, -0.2) is 4.79 Å². The van der Waals surface area contributed by atoms with E-state index in [4.69, 9.17) is 21.1 Å². The number of ether oxygens (including phenoxy) is 2. The topological polar surface area (TPSA) is 55.8 Å². The summed E-state index contributed by atoms with van der Waals surface area (Å²) in [7, 11) is 1.45. The van der Waals surface area contributed by atoms with Crippen molar-refractivity contribution >= 4 is 17.6 Å². The Balaban J connectivity index is 3.01. The van der Waals surface area contributed by atoms with Crippen molar-refractivity contribution in [2.75, 3.05) is 13.7 Å². The number of aliphatic hydroxyl groups is 1. The molecule has 1 atom stereocenters. The van der Waals surface area contributed by atoms with Gasteiger partial charge in [0.2, 0.25) is 0 Å². The van der Waals surface area contributed by atoms with Gasteiger partial charge in [0.25, 0.3) is 0 Å². The lowest BCUT2D eigenvalue weighted by atomic mass is 10.1. The van der Waals surface area contributed by atoms with Crippen LogP contribution in [0.15, 0.2) is 18.2 Å². The second-order valence-corrected chi connectivity index (χ2v) is 3.48. The summed E-state index contributed by atoms with van der Waals surface area (Å²) in [5.41, 5.74) is 0.299. The van der Waals surface area contributed by atoms with Gasteiger partial charge in [0.05, 0.1) is 13.7 Å². The highest BCUT2D eigenvalue weighted by atomic mass is 35.5. The van der Waals surface area contributed by atoms with Gasteiger partial charge in [-0.1, -0.05) is 11.6 Å². The van der Waals surface area contributed by atoms with Crippen LogP contribution >= 0.6 is 11.6 Å². The molecule has 1 N–H and O–H groups in total. The third kappa shape index (κ3) is 2.87. The van der Waals surface area contributed by atoms with Crippen LogP contribution in [0.2, 0.25) is 5.02 Å². The number of aliphatic hydroxyl groups excluding tert-OH is 1. The quantitative estimate of drug-likeness (QED) is 0.823. The molecule has 1 aromatic carbocycles. The van der Waals surface area contributed by atoms with Crippen LogP contribution in [0.1, 0.15) is 18.6 Å². The van der Waals surface area contributed by atoms with Crippen LogP contribution < -0.4 is 4.74 Å². The molecule has 1 unspecified atom stereocenters. The monoisotopic (exact) mass is 244 g/mol. The predicted octanol–water partition coefficient (Wildman–Crippen LogP) is 1.95. The average molecular weight is 245 g/mol. The van der Waals surface area contributed by atoms with Crippen LogP contribution in [0.4, 0.5) is 0 Å². The normalized spacial score (nSPS) is 12.0. The third-order valence-electron chi connectivity index (χ3n) is 2.00. The fourth-order valence-corrected chi connectivity index (χ4v) is 1.45. The third-order valence-corrected chi connectivity index (χ3v) is 2.23. The maximum atomic E-state index is 11.4. The minimum Gasteiger partial charge on any atom is -0.496 e. The second kappa shape index (κ2) is 5.72. The summed E-state index contributed by atoms with van der Waals surface area (Å²) in [5, 5.41) is 10.2. The molecule has 1 aromatic rings. The lowest BCUT2D eigenvalue weighted by molar-refractivity contribution is -0.153. The van der Waals surface area contributed by atoms with Crippen LogP contribution in [-0.4, -0.2) is 24.8 Å². The summed E-state index contributed by atoms with van der Waals surface area (Å²) in [6.07, 6.45) is -1.38. The van der Waals surface area contributed by atoms with E-state index in [1.165, 1.54) is 13.2 Å². The number of halogens is 1. The highest BCUT2D eigenvalue weighted by Gasteiger charge is 2.22. The predicted molar refractivity (Wildman–Crippen MR) is 59.6 cm³/mol. The number of carbonyl (C=O) groups is 1. The van der Waals surface area contributed by atoms with Gasteiger partial charge in [0, 0.05) is 10.6 Å². The highest BCUT2D eigenvalue weighted by Crippen LogP contribution is 2.28. The Morgan fingerprint density at radius 3 is 2.81 bits per heavy atom. The first-order chi connectivity index (χ1) is 7.60. The molecule has 0 amide bonds. The summed E-state index contributed by atoms with van der Waals surface area (Å²) in [6, 6.07) is 4.67. The average Bonchev–Trinajstić information content (AvgIpc) is 2.28. The molecule has 0 fully saturated rings. The Bertz CT molecular complexity index is 378. The van der Waals surface area contributed by atoms with E-state index in [1.54, 1.807) is 19.1 Å². The van der Waals surface area contributed by atoms with Crippen molar-refractivity contribution in [2.24, 2.45) is 0 Å². The van der Waals surface area contributed by atoms with E-state index >= 15 is 0 Å². The molecule has 4 nitrogen and oxygen atoms in total. The second-order valence-electron chi connectivity index (χ2n) is 3.04. The van der Waals surface area contributed by atoms with Gasteiger partial charge in [-0.15, -0.1) is 0 Å². The van der Waals surface area contributed by atoms with Crippen LogP contribution in [0, 0.1) is 0 Å². The molecular formula is C11H13ClO4. The Labute approximate surface area is 98.7 Å². The van der Waals surface area contributed by atoms with Gasteiger partial charge in [0.1, 0.15) is 5.75 Å².